The van der Waals surface area contributed by atoms with Gasteiger partial charge >= 0.3 is 23.9 Å². The Hall–Kier alpha value is -8.03. The van der Waals surface area contributed by atoms with Crippen molar-refractivity contribution < 1.29 is 94.9 Å². The van der Waals surface area contributed by atoms with Crippen molar-refractivity contribution in [3.8, 4) is 0 Å². The van der Waals surface area contributed by atoms with Gasteiger partial charge in [0.2, 0.25) is 11.0 Å². The summed E-state index contributed by atoms with van der Waals surface area (Å²) in [6, 6.07) is 0. The van der Waals surface area contributed by atoms with E-state index in [9.17, 15) is 56.8 Å². The van der Waals surface area contributed by atoms with E-state index in [1.165, 1.54) is 69.8 Å². The van der Waals surface area contributed by atoms with Crippen LogP contribution in [-0.4, -0.2) is 154 Å². The summed E-state index contributed by atoms with van der Waals surface area (Å²) in [7, 11) is -2.00. The van der Waals surface area contributed by atoms with E-state index in [-0.39, 0.29) is 83.7 Å². The van der Waals surface area contributed by atoms with E-state index in [1.54, 1.807) is 124 Å². The molecule has 11 heterocycles. The number of halogens is 3. The monoisotopic (exact) mass is 1850 g/mol. The molecular formula is C72H105ClF2N14O18S10. The van der Waals surface area contributed by atoms with Crippen LogP contribution >= 0.6 is 114 Å². The first-order valence-corrected chi connectivity index (χ1v) is 44.1. The Labute approximate surface area is 720 Å². The summed E-state index contributed by atoms with van der Waals surface area (Å²) in [5.41, 5.74) is 29.2. The van der Waals surface area contributed by atoms with E-state index in [2.05, 4.69) is 58.4 Å². The number of sulfone groups is 1. The Bertz CT molecular complexity index is 4660. The summed E-state index contributed by atoms with van der Waals surface area (Å²) < 4.78 is 80.3. The van der Waals surface area contributed by atoms with Crippen LogP contribution in [0.25, 0.3) is 0 Å². The average molecular weight is 1850 g/mol. The van der Waals surface area contributed by atoms with Gasteiger partial charge in [0.05, 0.1) is 115 Å². The highest BCUT2D eigenvalue weighted by molar-refractivity contribution is 7.91. The Morgan fingerprint density at radius 1 is 0.598 bits per heavy atom. The van der Waals surface area contributed by atoms with Crippen molar-refractivity contribution in [3.63, 3.8) is 0 Å². The molecule has 0 aliphatic rings. The number of aryl methyl sites for hydroxylation is 7. The number of aliphatic hydroxyl groups excluding tert-OH is 2. The first-order valence-electron chi connectivity index (χ1n) is 34.1. The number of methoxy groups -OCH3 is 1. The summed E-state index contributed by atoms with van der Waals surface area (Å²) in [6.07, 6.45) is 6.98. The number of rotatable bonds is 17. The van der Waals surface area contributed by atoms with Gasteiger partial charge in [0, 0.05) is 78.7 Å². The number of carbonyl (C=O) groups excluding carboxylic acids is 4. The Balaban J connectivity index is 0.00000127. The van der Waals surface area contributed by atoms with Crippen LogP contribution in [0.15, 0.2) is 64.7 Å². The standard InChI is InChI=1S/C8H13NO3S2.C8H11NO2S.C8H12OS.C7H9NO2S.C7H11NO2.C6H6ClNO2S.C6H7FN2O2S.C6H8FNOS.C6H10N2O2.C6H10N2OS.C3H4N2S.CH4/c1-8(2,10)7-6(9)5(4-13-7)14(3,11)12;1-3-11-8(10)4-7-5-12-6(2)9-7;1-6-4-10-5-7(6)8(2,3)9;1-3-10-7(9)6-4-11-5(2)8-6;1-5-7(3-4-9)8-6(2)10-5;1-3-8-4(5(7)11-3)6(9)10-2;1-2-11-5(10)3-4(7)12-6(8)9-3;1-4-8-5(2-3-9)6(7)10-4;2*1-6(2,9)4-3-8-10-5(4)7;4-3-5-1-2-6-3;/h4,10H,9H2,1-3H3;5H,3-4H2,1-2H3;4-5,9H,1-3H3;4H,3H2,1-2H3;9H,3-4H2,1-2H3;1-2H3;2H2,1H3,(H2,8,9);9H,2-3H2,1H3;2*3,9H,7H2,1-2H3;1-2H,(H2,4,5);1H4. The zero-order valence-electron chi connectivity index (χ0n) is 67.6. The topological polar surface area (TPSA) is 533 Å². The summed E-state index contributed by atoms with van der Waals surface area (Å²) in [5.74, 6) is -0.151. The smallest absolute Gasteiger partial charge is 0.361 e. The van der Waals surface area contributed by atoms with Crippen LogP contribution in [0.5, 0.6) is 0 Å². The van der Waals surface area contributed by atoms with Gasteiger partial charge in [-0.05, 0) is 151 Å². The van der Waals surface area contributed by atoms with Crippen molar-refractivity contribution in [2.75, 3.05) is 75.1 Å². The number of thiazole rings is 6. The highest BCUT2D eigenvalue weighted by Gasteiger charge is 2.27. The Morgan fingerprint density at radius 2 is 1.16 bits per heavy atom. The number of carbonyl (C=O) groups is 4. The lowest BCUT2D eigenvalue weighted by molar-refractivity contribution is -0.142. The molecule has 11 aromatic rings. The molecule has 0 aliphatic carbocycles. The number of hydrogen-bond acceptors (Lipinski definition) is 41. The molecule has 0 spiro atoms. The van der Waals surface area contributed by atoms with Crippen LogP contribution in [0.3, 0.4) is 0 Å². The highest BCUT2D eigenvalue weighted by Crippen LogP contribution is 2.37. The number of anilines is 5. The first-order chi connectivity index (χ1) is 53.8. The molecule has 0 saturated carbocycles. The van der Waals surface area contributed by atoms with Crippen LogP contribution in [0.1, 0.15) is 191 Å². The van der Waals surface area contributed by atoms with Gasteiger partial charge in [-0.3, -0.25) is 4.79 Å². The fraction of sp³-hybridized carbons (Fsp3) is 0.458. The lowest BCUT2D eigenvalue weighted by Gasteiger charge is -2.16. The van der Waals surface area contributed by atoms with Gasteiger partial charge in [-0.1, -0.05) is 46.9 Å². The van der Waals surface area contributed by atoms with Gasteiger partial charge in [0.1, 0.15) is 20.0 Å². The Kier molecular flexibility index (Phi) is 49.2. The van der Waals surface area contributed by atoms with Crippen molar-refractivity contribution in [1.29, 1.82) is 0 Å². The number of hydrogen-bond donors (Lipinski definition) is 11. The number of nitrogens with zero attached hydrogens (tertiary/aromatic N) is 9. The summed E-state index contributed by atoms with van der Waals surface area (Å²) in [6.45, 7) is 32.7. The third-order valence-electron chi connectivity index (χ3n) is 13.2. The molecule has 0 amide bonds. The number of thiophene rings is 2. The molecule has 0 aromatic carbocycles. The molecule has 0 aliphatic heterocycles. The molecule has 16 N–H and O–H groups in total. The van der Waals surface area contributed by atoms with Crippen molar-refractivity contribution >= 4 is 174 Å². The fourth-order valence-electron chi connectivity index (χ4n) is 8.14. The van der Waals surface area contributed by atoms with E-state index < -0.39 is 49.3 Å². The fourth-order valence-corrected chi connectivity index (χ4v) is 16.0. The second-order valence-electron chi connectivity index (χ2n) is 25.1. The number of ether oxygens (including phenoxy) is 4. The number of nitrogens with two attached hydrogens (primary N) is 5. The van der Waals surface area contributed by atoms with Gasteiger partial charge in [-0.2, -0.15) is 24.5 Å². The third kappa shape index (κ3) is 41.5. The summed E-state index contributed by atoms with van der Waals surface area (Å²) in [5, 5.41) is 73.1. The van der Waals surface area contributed by atoms with Crippen molar-refractivity contribution in [2.24, 2.45) is 0 Å². The third-order valence-corrected chi connectivity index (χ3v) is 22.2. The molecular weight excluding hydrogens is 1740 g/mol. The van der Waals surface area contributed by atoms with Crippen LogP contribution in [0, 0.1) is 58.7 Å². The molecule has 45 heteroatoms. The van der Waals surface area contributed by atoms with Crippen molar-refractivity contribution in [1.82, 2.24) is 44.4 Å². The lowest BCUT2D eigenvalue weighted by Crippen LogP contribution is -2.16. The zero-order chi connectivity index (χ0) is 88.8. The quantitative estimate of drug-likeness (QED) is 0.0298. The minimum absolute atomic E-state index is 0. The predicted octanol–water partition coefficient (Wildman–Crippen LogP) is 14.1. The van der Waals surface area contributed by atoms with E-state index in [0.29, 0.717) is 90.2 Å². The van der Waals surface area contributed by atoms with E-state index >= 15 is 0 Å². The van der Waals surface area contributed by atoms with E-state index in [4.69, 9.17) is 64.4 Å². The van der Waals surface area contributed by atoms with Crippen LogP contribution in [-0.2, 0) is 75.2 Å². The number of esters is 4. The second kappa shape index (κ2) is 52.8. The largest absolute Gasteiger partial charge is 0.466 e. The number of aliphatic hydroxyl groups is 6. The molecule has 0 fully saturated rings. The van der Waals surface area contributed by atoms with Crippen molar-refractivity contribution in [2.45, 2.75) is 179 Å². The summed E-state index contributed by atoms with van der Waals surface area (Å²) >= 11 is 17.0. The zero-order valence-corrected chi connectivity index (χ0v) is 76.5. The maximum Gasteiger partial charge on any atom is 0.361 e. The summed E-state index contributed by atoms with van der Waals surface area (Å²) in [4.78, 5) is 71.5. The van der Waals surface area contributed by atoms with E-state index in [0.717, 1.165) is 66.7 Å². The van der Waals surface area contributed by atoms with Gasteiger partial charge < -0.3 is 87.2 Å². The lowest BCUT2D eigenvalue weighted by atomic mass is 9.99. The van der Waals surface area contributed by atoms with Gasteiger partial charge in [-0.15, -0.1) is 56.7 Å². The molecule has 11 aromatic heterocycles. The van der Waals surface area contributed by atoms with Gasteiger partial charge in [0.25, 0.3) is 0 Å². The molecule has 0 radical (unpaired) electrons. The van der Waals surface area contributed by atoms with Gasteiger partial charge in [0.15, 0.2) is 48.2 Å². The first kappa shape index (κ1) is 109. The molecule has 0 saturated heterocycles. The normalized spacial score (nSPS) is 10.7. The molecule has 0 atom stereocenters. The number of nitrogen functional groups attached to an aromatic ring is 5. The minimum Gasteiger partial charge on any atom is -0.466 e. The maximum atomic E-state index is 12.8. The predicted molar refractivity (Wildman–Crippen MR) is 463 cm³/mol. The highest BCUT2D eigenvalue weighted by atomic mass is 35.5. The molecule has 652 valence electrons. The number of oxazole rings is 1. The average Bonchev–Trinajstić information content (AvgIpc) is 1.65. The van der Waals surface area contributed by atoms with Crippen LogP contribution < -0.4 is 28.7 Å². The molecule has 117 heavy (non-hydrogen) atoms. The molecule has 11 rings (SSSR count). The van der Waals surface area contributed by atoms with E-state index in [1.807, 2.05) is 63.1 Å². The maximum absolute atomic E-state index is 12.8. The van der Waals surface area contributed by atoms with Crippen LogP contribution in [0.4, 0.5) is 35.6 Å². The SMILES string of the molecule is C.CC(C)(O)c1cnoc1N.CC(C)(O)c1cnsc1N.CC(C)(O)c1scc(S(C)(=O)=O)c1N.CCOC(=O)Cc1csc(C)n1.CCOC(=O)c1csc(C)n1.CCOC(=O)c1nc(N)sc1F.COC(=O)c1nc(C)sc1Cl.Cc1cscc1C(C)(C)O.Cc1nc(CCO)c(C)o1.Cc1nc(CCO)c(F)s1.Nc1nccs1. The number of aromatic nitrogens is 9. The molecule has 32 nitrogen and oxygen atoms in total. The molecule has 0 unspecified atom stereocenters. The second-order valence-corrected chi connectivity index (χ2v) is 36.5. The van der Waals surface area contributed by atoms with Gasteiger partial charge in [-0.25, -0.2) is 57.7 Å². The van der Waals surface area contributed by atoms with Crippen molar-refractivity contribution in [3.05, 3.63) is 158 Å². The van der Waals surface area contributed by atoms with Crippen LogP contribution in [0.2, 0.25) is 4.34 Å². The minimum atomic E-state index is -3.30. The Morgan fingerprint density at radius 3 is 1.49 bits per heavy atom. The molecule has 0 bridgehead atoms.